The number of benzene rings is 3. The van der Waals surface area contributed by atoms with E-state index < -0.39 is 17.2 Å². The van der Waals surface area contributed by atoms with Crippen LogP contribution in [0.4, 0.5) is 11.4 Å². The fourth-order valence-electron chi connectivity index (χ4n) is 5.46. The Morgan fingerprint density at radius 2 is 1.62 bits per heavy atom. The summed E-state index contributed by atoms with van der Waals surface area (Å²) in [5, 5.41) is 27.0. The maximum Gasteiger partial charge on any atom is 0.346 e. The van der Waals surface area contributed by atoms with Crippen molar-refractivity contribution in [2.75, 3.05) is 4.90 Å². The summed E-state index contributed by atoms with van der Waals surface area (Å²) in [6.07, 6.45) is 8.90. The SMILES string of the molecule is CC(Sc1ccc(C=Cc2ccc(N3c4ccc(/C=C(\C#N)C(=O)O)cc4C4CCCC43)cc2)cc1)C(=O)O. The van der Waals surface area contributed by atoms with Gasteiger partial charge < -0.3 is 15.1 Å². The summed E-state index contributed by atoms with van der Waals surface area (Å²) in [5.41, 5.74) is 6.09. The summed E-state index contributed by atoms with van der Waals surface area (Å²) in [6.45, 7) is 1.68. The molecule has 0 amide bonds. The molecule has 7 heteroatoms. The number of thioether (sulfide) groups is 1. The molecular formula is C32H28N2O4S. The summed E-state index contributed by atoms with van der Waals surface area (Å²) in [6, 6.07) is 24.5. The summed E-state index contributed by atoms with van der Waals surface area (Å²) in [5.74, 6) is -1.64. The van der Waals surface area contributed by atoms with Gasteiger partial charge in [-0.1, -0.05) is 48.9 Å². The Bertz CT molecular complexity index is 1500. The third-order valence-electron chi connectivity index (χ3n) is 7.36. The normalized spacial score (nSPS) is 19.0. The first-order valence-electron chi connectivity index (χ1n) is 12.9. The maximum atomic E-state index is 11.3. The van der Waals surface area contributed by atoms with Crippen molar-refractivity contribution in [1.82, 2.24) is 0 Å². The van der Waals surface area contributed by atoms with Crippen LogP contribution in [-0.2, 0) is 9.59 Å². The average molecular weight is 537 g/mol. The van der Waals surface area contributed by atoms with Crippen LogP contribution in [-0.4, -0.2) is 33.4 Å². The Morgan fingerprint density at radius 1 is 0.974 bits per heavy atom. The quantitative estimate of drug-likeness (QED) is 0.136. The van der Waals surface area contributed by atoms with Gasteiger partial charge >= 0.3 is 11.9 Å². The molecule has 3 aromatic carbocycles. The number of carboxylic acid groups (broad SMARTS) is 2. The van der Waals surface area contributed by atoms with Crippen molar-refractivity contribution in [3.8, 4) is 6.07 Å². The lowest BCUT2D eigenvalue weighted by atomic mass is 9.95. The number of nitriles is 1. The van der Waals surface area contributed by atoms with Gasteiger partial charge in [0.1, 0.15) is 16.9 Å². The standard InChI is InChI=1S/C32H28N2O4S/c1-20(31(35)36)39-26-14-9-22(10-15-26)6-5-21-7-12-25(13-8-21)34-29-4-2-3-27(29)28-18-23(11-16-30(28)34)17-24(19-33)32(37)38/h5-18,20,27,29H,2-4H2,1H3,(H,35,36)(H,37,38)/b6-5?,24-17+. The number of hydrogen-bond acceptors (Lipinski definition) is 5. The van der Waals surface area contributed by atoms with Gasteiger partial charge in [0.05, 0.1) is 0 Å². The molecule has 196 valence electrons. The molecule has 1 saturated carbocycles. The Balaban J connectivity index is 1.33. The van der Waals surface area contributed by atoms with Crippen molar-refractivity contribution >= 4 is 53.3 Å². The van der Waals surface area contributed by atoms with E-state index >= 15 is 0 Å². The van der Waals surface area contributed by atoms with E-state index in [1.165, 1.54) is 23.4 Å². The largest absolute Gasteiger partial charge is 0.480 e. The highest BCUT2D eigenvalue weighted by Gasteiger charge is 2.42. The van der Waals surface area contributed by atoms with E-state index in [-0.39, 0.29) is 5.57 Å². The van der Waals surface area contributed by atoms with E-state index in [0.717, 1.165) is 52.2 Å². The molecule has 0 radical (unpaired) electrons. The van der Waals surface area contributed by atoms with Crippen molar-refractivity contribution in [3.05, 3.63) is 94.6 Å². The van der Waals surface area contributed by atoms with Gasteiger partial charge in [-0.25, -0.2) is 4.79 Å². The molecule has 0 saturated heterocycles. The smallest absolute Gasteiger partial charge is 0.346 e. The van der Waals surface area contributed by atoms with Crippen LogP contribution in [0, 0.1) is 11.3 Å². The minimum Gasteiger partial charge on any atom is -0.480 e. The summed E-state index contributed by atoms with van der Waals surface area (Å²) in [7, 11) is 0. The minimum atomic E-state index is -1.21. The van der Waals surface area contributed by atoms with Crippen molar-refractivity contribution in [1.29, 1.82) is 5.26 Å². The summed E-state index contributed by atoms with van der Waals surface area (Å²) >= 11 is 1.33. The first kappa shape index (κ1) is 26.3. The zero-order valence-electron chi connectivity index (χ0n) is 21.4. The lowest BCUT2D eigenvalue weighted by Crippen LogP contribution is -2.26. The van der Waals surface area contributed by atoms with Gasteiger partial charge in [-0.3, -0.25) is 4.79 Å². The van der Waals surface area contributed by atoms with Crippen molar-refractivity contribution in [3.63, 3.8) is 0 Å². The highest BCUT2D eigenvalue weighted by molar-refractivity contribution is 8.00. The van der Waals surface area contributed by atoms with Crippen molar-refractivity contribution in [2.45, 2.75) is 48.3 Å². The number of carboxylic acids is 2. The summed E-state index contributed by atoms with van der Waals surface area (Å²) < 4.78 is 0. The Morgan fingerprint density at radius 3 is 2.23 bits per heavy atom. The van der Waals surface area contributed by atoms with Gasteiger partial charge in [-0.15, -0.1) is 11.8 Å². The third-order valence-corrected chi connectivity index (χ3v) is 8.46. The van der Waals surface area contributed by atoms with E-state index in [2.05, 4.69) is 35.2 Å². The first-order chi connectivity index (χ1) is 18.8. The molecule has 1 heterocycles. The number of fused-ring (bicyclic) bond motifs is 3. The van der Waals surface area contributed by atoms with E-state index in [9.17, 15) is 14.7 Å². The van der Waals surface area contributed by atoms with E-state index in [1.54, 1.807) is 13.0 Å². The van der Waals surface area contributed by atoms with Crippen molar-refractivity contribution < 1.29 is 19.8 Å². The van der Waals surface area contributed by atoms with Gasteiger partial charge in [0.15, 0.2) is 0 Å². The molecule has 3 aromatic rings. The molecule has 1 aliphatic carbocycles. The van der Waals surface area contributed by atoms with Gasteiger partial charge in [0.25, 0.3) is 0 Å². The lowest BCUT2D eigenvalue weighted by molar-refractivity contribution is -0.136. The Kier molecular flexibility index (Phi) is 7.58. The monoisotopic (exact) mass is 536 g/mol. The van der Waals surface area contributed by atoms with Crippen molar-refractivity contribution in [2.24, 2.45) is 0 Å². The number of rotatable bonds is 8. The summed E-state index contributed by atoms with van der Waals surface area (Å²) in [4.78, 5) is 25.7. The second kappa shape index (κ2) is 11.2. The second-order valence-electron chi connectivity index (χ2n) is 9.86. The van der Waals surface area contributed by atoms with Crippen LogP contribution >= 0.6 is 11.8 Å². The van der Waals surface area contributed by atoms with Gasteiger partial charge in [0.2, 0.25) is 0 Å². The lowest BCUT2D eigenvalue weighted by Gasteiger charge is -2.27. The Labute approximate surface area is 231 Å². The molecule has 3 atom stereocenters. The van der Waals surface area contributed by atoms with E-state index in [0.29, 0.717) is 12.0 Å². The number of carbonyl (C=O) groups is 2. The maximum absolute atomic E-state index is 11.3. The van der Waals surface area contributed by atoms with Crippen LogP contribution in [0.5, 0.6) is 0 Å². The fraction of sp³-hybridized carbons (Fsp3) is 0.219. The van der Waals surface area contributed by atoms with Crippen LogP contribution in [0.15, 0.2) is 77.2 Å². The van der Waals surface area contributed by atoms with Gasteiger partial charge in [0, 0.05) is 28.2 Å². The van der Waals surface area contributed by atoms with E-state index in [4.69, 9.17) is 10.4 Å². The average Bonchev–Trinajstić information content (AvgIpc) is 3.52. The van der Waals surface area contributed by atoms with Crippen LogP contribution in [0.25, 0.3) is 18.2 Å². The second-order valence-corrected chi connectivity index (χ2v) is 11.3. The van der Waals surface area contributed by atoms with E-state index in [1.807, 2.05) is 48.5 Å². The molecule has 1 aliphatic heterocycles. The first-order valence-corrected chi connectivity index (χ1v) is 13.8. The molecule has 2 N–H and O–H groups in total. The number of aliphatic carboxylic acids is 2. The highest BCUT2D eigenvalue weighted by Crippen LogP contribution is 2.52. The molecule has 2 aliphatic rings. The molecule has 0 aromatic heterocycles. The Hall–Kier alpha value is -4.28. The molecule has 0 spiro atoms. The third kappa shape index (κ3) is 5.62. The van der Waals surface area contributed by atoms with Gasteiger partial charge in [-0.2, -0.15) is 5.26 Å². The topological polar surface area (TPSA) is 102 Å². The fourth-order valence-corrected chi connectivity index (χ4v) is 6.26. The van der Waals surface area contributed by atoms with Crippen LogP contribution in [0.2, 0.25) is 0 Å². The molecule has 39 heavy (non-hydrogen) atoms. The van der Waals surface area contributed by atoms with Crippen LogP contribution in [0.3, 0.4) is 0 Å². The number of hydrogen-bond donors (Lipinski definition) is 2. The molecular weight excluding hydrogens is 508 g/mol. The number of anilines is 2. The van der Waals surface area contributed by atoms with Gasteiger partial charge in [-0.05, 0) is 84.5 Å². The highest BCUT2D eigenvalue weighted by atomic mass is 32.2. The van der Waals surface area contributed by atoms with Crippen LogP contribution < -0.4 is 4.90 Å². The minimum absolute atomic E-state index is 0.265. The molecule has 1 fully saturated rings. The zero-order chi connectivity index (χ0) is 27.5. The molecule has 0 bridgehead atoms. The zero-order valence-corrected chi connectivity index (χ0v) is 22.3. The molecule has 5 rings (SSSR count). The molecule has 3 unspecified atom stereocenters. The predicted octanol–water partition coefficient (Wildman–Crippen LogP) is 7.20. The predicted molar refractivity (Wildman–Crippen MR) is 155 cm³/mol. The van der Waals surface area contributed by atoms with Crippen LogP contribution in [0.1, 0.15) is 54.4 Å². The molecule has 6 nitrogen and oxygen atoms in total. The number of nitrogens with zero attached hydrogens (tertiary/aromatic N) is 2.